The number of ether oxygens (including phenoxy) is 1. The van der Waals surface area contributed by atoms with Gasteiger partial charge in [0.1, 0.15) is 28.7 Å². The van der Waals surface area contributed by atoms with E-state index in [0.29, 0.717) is 0 Å². The van der Waals surface area contributed by atoms with E-state index in [2.05, 4.69) is 10.3 Å². The molecule has 4 rings (SSSR count). The molecular formula is C26H19F6N3O5. The number of aromatic carboxylic acids is 1. The summed E-state index contributed by atoms with van der Waals surface area (Å²) in [6.45, 7) is -1.90. The van der Waals surface area contributed by atoms with Crippen molar-refractivity contribution < 1.29 is 50.2 Å². The lowest BCUT2D eigenvalue weighted by atomic mass is 9.99. The van der Waals surface area contributed by atoms with Crippen LogP contribution in [-0.4, -0.2) is 54.8 Å². The summed E-state index contributed by atoms with van der Waals surface area (Å²) in [5, 5.41) is 14.0. The number of amides is 1. The van der Waals surface area contributed by atoms with Gasteiger partial charge in [0.25, 0.3) is 5.91 Å². The highest BCUT2D eigenvalue weighted by Gasteiger charge is 2.57. The zero-order chi connectivity index (χ0) is 29.4. The summed E-state index contributed by atoms with van der Waals surface area (Å²) in [7, 11) is 2.54. The Kier molecular flexibility index (Phi) is 7.37. The highest BCUT2D eigenvalue weighted by Crippen LogP contribution is 2.40. The lowest BCUT2D eigenvalue weighted by Crippen LogP contribution is -2.42. The number of anilines is 1. The highest BCUT2D eigenvalue weighted by atomic mass is 19.4. The number of hydrogen-bond acceptors (Lipinski definition) is 6. The van der Waals surface area contributed by atoms with Crippen LogP contribution < -0.4 is 15.4 Å². The Labute approximate surface area is 221 Å². The molecule has 0 saturated heterocycles. The third-order valence-electron chi connectivity index (χ3n) is 5.88. The van der Waals surface area contributed by atoms with Crippen molar-refractivity contribution in [1.82, 2.24) is 10.3 Å². The van der Waals surface area contributed by atoms with Crippen LogP contribution in [0.3, 0.4) is 0 Å². The predicted molar refractivity (Wildman–Crippen MR) is 131 cm³/mol. The number of nitrogens with zero attached hydrogens (tertiary/aromatic N) is 1. The Morgan fingerprint density at radius 1 is 1.02 bits per heavy atom. The van der Waals surface area contributed by atoms with E-state index in [1.165, 1.54) is 44.5 Å². The first-order chi connectivity index (χ1) is 18.8. The lowest BCUT2D eigenvalue weighted by Gasteiger charge is -2.21. The van der Waals surface area contributed by atoms with Gasteiger partial charge in [0, 0.05) is 18.2 Å². The number of rotatable bonds is 8. The molecule has 2 aromatic carbocycles. The predicted octanol–water partition coefficient (Wildman–Crippen LogP) is 5.98. The van der Waals surface area contributed by atoms with Crippen molar-refractivity contribution in [3.05, 3.63) is 65.5 Å². The number of pyridine rings is 1. The van der Waals surface area contributed by atoms with Crippen LogP contribution in [0.5, 0.6) is 5.75 Å². The zero-order valence-corrected chi connectivity index (χ0v) is 20.6. The number of carboxylic acid groups (broad SMARTS) is 1. The van der Waals surface area contributed by atoms with Gasteiger partial charge >= 0.3 is 18.1 Å². The van der Waals surface area contributed by atoms with Gasteiger partial charge in [-0.3, -0.25) is 4.79 Å². The summed E-state index contributed by atoms with van der Waals surface area (Å²) in [6.07, 6.45) is -5.87. The number of nitrogens with one attached hydrogen (secondary N) is 2. The number of carbonyl (C=O) groups is 2. The van der Waals surface area contributed by atoms with Crippen LogP contribution >= 0.6 is 0 Å². The van der Waals surface area contributed by atoms with Gasteiger partial charge < -0.3 is 24.9 Å². The minimum absolute atomic E-state index is 0.0227. The van der Waals surface area contributed by atoms with Gasteiger partial charge in [-0.1, -0.05) is 6.07 Å². The fourth-order valence-corrected chi connectivity index (χ4v) is 3.87. The molecule has 0 atom stereocenters. The van der Waals surface area contributed by atoms with E-state index in [9.17, 15) is 41.0 Å². The van der Waals surface area contributed by atoms with Gasteiger partial charge in [-0.25, -0.2) is 9.18 Å². The molecule has 0 spiro atoms. The molecule has 0 aliphatic heterocycles. The van der Waals surface area contributed by atoms with Crippen molar-refractivity contribution in [1.29, 1.82) is 0 Å². The molecule has 3 N–H and O–H groups in total. The molecule has 0 radical (unpaired) electrons. The normalized spacial score (nSPS) is 11.9. The Morgan fingerprint density at radius 2 is 1.68 bits per heavy atom. The molecule has 0 fully saturated rings. The number of alkyl halides is 5. The number of hydrogen-bond donors (Lipinski definition) is 3. The van der Waals surface area contributed by atoms with Crippen molar-refractivity contribution in [2.75, 3.05) is 26.0 Å². The molecule has 210 valence electrons. The number of carbonyl (C=O) groups excluding carboxylic acids is 1. The Hall–Kier alpha value is -4.75. The molecule has 14 heteroatoms. The summed E-state index contributed by atoms with van der Waals surface area (Å²) in [6, 6.07) is 9.77. The molecule has 0 bridgehead atoms. The topological polar surface area (TPSA) is 114 Å². The van der Waals surface area contributed by atoms with Crippen molar-refractivity contribution in [3.63, 3.8) is 0 Å². The second-order valence-electron chi connectivity index (χ2n) is 8.41. The first-order valence-corrected chi connectivity index (χ1v) is 11.3. The number of aromatic nitrogens is 1. The van der Waals surface area contributed by atoms with Crippen molar-refractivity contribution in [3.8, 4) is 28.2 Å². The number of methoxy groups -OCH3 is 1. The van der Waals surface area contributed by atoms with Crippen molar-refractivity contribution in [2.45, 2.75) is 12.1 Å². The van der Waals surface area contributed by atoms with E-state index >= 15 is 0 Å². The Morgan fingerprint density at radius 3 is 2.25 bits per heavy atom. The molecule has 0 unspecified atom stereocenters. The Balaban J connectivity index is 1.99. The summed E-state index contributed by atoms with van der Waals surface area (Å²) in [4.78, 5) is 28.7. The quantitative estimate of drug-likeness (QED) is 0.225. The zero-order valence-electron chi connectivity index (χ0n) is 20.6. The van der Waals surface area contributed by atoms with E-state index in [4.69, 9.17) is 9.15 Å². The summed E-state index contributed by atoms with van der Waals surface area (Å²) in [5.41, 5.74) is -0.568. The van der Waals surface area contributed by atoms with Crippen molar-refractivity contribution in [2.24, 2.45) is 0 Å². The molecule has 4 aromatic rings. The maximum Gasteiger partial charge on any atom is 0.455 e. The molecule has 2 aromatic heterocycles. The van der Waals surface area contributed by atoms with E-state index in [1.54, 1.807) is 0 Å². The van der Waals surface area contributed by atoms with Crippen LogP contribution in [0.4, 0.5) is 32.2 Å². The van der Waals surface area contributed by atoms with Crippen LogP contribution in [0.15, 0.2) is 52.9 Å². The fourth-order valence-electron chi connectivity index (χ4n) is 3.87. The summed E-state index contributed by atoms with van der Waals surface area (Å²) < 4.78 is 90.4. The van der Waals surface area contributed by atoms with E-state index in [0.717, 1.165) is 18.2 Å². The Bertz CT molecular complexity index is 1600. The van der Waals surface area contributed by atoms with Gasteiger partial charge in [0.15, 0.2) is 0 Å². The first-order valence-electron chi connectivity index (χ1n) is 11.3. The van der Waals surface area contributed by atoms with Crippen LogP contribution in [0.1, 0.15) is 20.7 Å². The lowest BCUT2D eigenvalue weighted by molar-refractivity contribution is -0.275. The SMILES string of the molecule is CNC(=O)c1c(-c2ccc(F)cc2)oc2nc(NCC(F)(F)C(F)(F)F)c(-c3ccc(OC)c(C(=O)O)c3)cc12. The third-order valence-corrected chi connectivity index (χ3v) is 5.88. The van der Waals surface area contributed by atoms with E-state index in [-0.39, 0.29) is 50.4 Å². The standard InChI is InChI=1S/C26H19F6N3O5/c1-33-22(36)19-17-10-15(13-5-8-18(39-2)16(9-13)24(37)38)21(34-11-25(28,29)26(30,31)32)35-23(17)40-20(19)12-3-6-14(27)7-4-12/h3-10H,11H2,1-2H3,(H,33,36)(H,34,35)(H,37,38). The molecule has 0 aliphatic rings. The second kappa shape index (κ2) is 10.4. The van der Waals surface area contributed by atoms with Gasteiger partial charge in [0.2, 0.25) is 5.71 Å². The van der Waals surface area contributed by atoms with Gasteiger partial charge in [0.05, 0.1) is 24.6 Å². The molecule has 0 saturated carbocycles. The fraction of sp³-hybridized carbons (Fsp3) is 0.192. The number of fused-ring (bicyclic) bond motifs is 1. The van der Waals surface area contributed by atoms with Gasteiger partial charge in [-0.15, -0.1) is 0 Å². The first kappa shape index (κ1) is 28.3. The molecule has 2 heterocycles. The maximum absolute atomic E-state index is 13.8. The molecule has 8 nitrogen and oxygen atoms in total. The summed E-state index contributed by atoms with van der Waals surface area (Å²) in [5.74, 6) is -8.44. The largest absolute Gasteiger partial charge is 0.496 e. The smallest absolute Gasteiger partial charge is 0.455 e. The average molecular weight is 567 g/mol. The number of benzene rings is 2. The third kappa shape index (κ3) is 5.24. The molecule has 0 aliphatic carbocycles. The maximum atomic E-state index is 13.8. The van der Waals surface area contributed by atoms with Crippen LogP contribution in [0.25, 0.3) is 33.6 Å². The van der Waals surface area contributed by atoms with Gasteiger partial charge in [-0.2, -0.15) is 26.9 Å². The minimum Gasteiger partial charge on any atom is -0.496 e. The number of carboxylic acids is 1. The van der Waals surface area contributed by atoms with Crippen LogP contribution in [-0.2, 0) is 0 Å². The molecule has 40 heavy (non-hydrogen) atoms. The molecular weight excluding hydrogens is 548 g/mol. The number of furan rings is 1. The monoisotopic (exact) mass is 567 g/mol. The van der Waals surface area contributed by atoms with Crippen molar-refractivity contribution >= 4 is 28.8 Å². The van der Waals surface area contributed by atoms with Crippen LogP contribution in [0.2, 0.25) is 0 Å². The second-order valence-corrected chi connectivity index (χ2v) is 8.41. The highest BCUT2D eigenvalue weighted by molar-refractivity contribution is 6.11. The van der Waals surface area contributed by atoms with Gasteiger partial charge in [-0.05, 0) is 48.0 Å². The van der Waals surface area contributed by atoms with E-state index < -0.39 is 42.2 Å². The van der Waals surface area contributed by atoms with Crippen LogP contribution in [0, 0.1) is 5.82 Å². The average Bonchev–Trinajstić information content (AvgIpc) is 3.28. The minimum atomic E-state index is -5.87. The molecule has 1 amide bonds. The van der Waals surface area contributed by atoms with E-state index in [1.807, 2.05) is 5.32 Å². The number of halogens is 6. The summed E-state index contributed by atoms with van der Waals surface area (Å²) >= 11 is 0.